The van der Waals surface area contributed by atoms with Gasteiger partial charge in [-0.1, -0.05) is 35.5 Å². The van der Waals surface area contributed by atoms with E-state index in [1.165, 1.54) is 6.92 Å². The molecule has 0 bridgehead atoms. The normalized spacial score (nSPS) is 11.1. The van der Waals surface area contributed by atoms with Gasteiger partial charge in [-0.15, -0.1) is 0 Å². The molecule has 0 aliphatic carbocycles. The van der Waals surface area contributed by atoms with Gasteiger partial charge in [-0.3, -0.25) is 4.79 Å². The lowest BCUT2D eigenvalue weighted by atomic mass is 10.1. The first-order chi connectivity index (χ1) is 8.08. The summed E-state index contributed by atoms with van der Waals surface area (Å²) >= 11 is 0. The van der Waals surface area contributed by atoms with Crippen molar-refractivity contribution >= 4 is 17.5 Å². The summed E-state index contributed by atoms with van der Waals surface area (Å²) in [5, 5.41) is 3.55. The molecule has 0 N–H and O–H groups in total. The first kappa shape index (κ1) is 13.1. The van der Waals surface area contributed by atoms with Gasteiger partial charge in [0.2, 0.25) is 0 Å². The fourth-order valence-corrected chi connectivity index (χ4v) is 1.35. The zero-order valence-electron chi connectivity index (χ0n) is 9.97. The van der Waals surface area contributed by atoms with Crippen LogP contribution in [0.1, 0.15) is 25.8 Å². The third kappa shape index (κ3) is 5.61. The van der Waals surface area contributed by atoms with Crippen LogP contribution in [0.3, 0.4) is 0 Å². The van der Waals surface area contributed by atoms with Crippen LogP contribution in [0, 0.1) is 0 Å². The van der Waals surface area contributed by atoms with Crippen LogP contribution in [-0.4, -0.2) is 17.5 Å². The molecule has 0 saturated carbocycles. The summed E-state index contributed by atoms with van der Waals surface area (Å²) in [6.45, 7) is 2.93. The summed E-state index contributed by atoms with van der Waals surface area (Å²) in [5.41, 5.74) is 1.47. The molecule has 17 heavy (non-hydrogen) atoms. The van der Waals surface area contributed by atoms with Crippen LogP contribution in [0.15, 0.2) is 35.5 Å². The van der Waals surface area contributed by atoms with Crippen molar-refractivity contribution in [2.75, 3.05) is 0 Å². The van der Waals surface area contributed by atoms with Gasteiger partial charge >= 0.3 is 5.97 Å². The molecule has 0 amide bonds. The molecule has 0 atom stereocenters. The highest BCUT2D eigenvalue weighted by atomic mass is 16.7. The van der Waals surface area contributed by atoms with E-state index in [1.807, 2.05) is 30.3 Å². The third-order valence-corrected chi connectivity index (χ3v) is 2.03. The molecule has 4 nitrogen and oxygen atoms in total. The van der Waals surface area contributed by atoms with E-state index in [-0.39, 0.29) is 12.2 Å². The van der Waals surface area contributed by atoms with Gasteiger partial charge < -0.3 is 4.84 Å². The molecule has 0 aromatic heterocycles. The van der Waals surface area contributed by atoms with E-state index in [4.69, 9.17) is 0 Å². The number of nitrogens with zero attached hydrogens (tertiary/aromatic N) is 1. The van der Waals surface area contributed by atoms with Crippen molar-refractivity contribution in [2.24, 2.45) is 5.16 Å². The topological polar surface area (TPSA) is 55.7 Å². The lowest BCUT2D eigenvalue weighted by Crippen LogP contribution is -2.08. The Bertz CT molecular complexity index is 424. The highest BCUT2D eigenvalue weighted by molar-refractivity contribution is 6.01. The number of hydrogen-bond donors (Lipinski definition) is 0. The lowest BCUT2D eigenvalue weighted by molar-refractivity contribution is -0.141. The predicted octanol–water partition coefficient (Wildman–Crippen LogP) is 2.13. The maximum Gasteiger partial charge on any atom is 0.331 e. The minimum atomic E-state index is -0.486. The molecule has 0 aliphatic heterocycles. The number of Topliss-reactive ketones (excluding diaryl/α,β-unsaturated/α-hetero) is 1. The molecule has 0 aliphatic rings. The Balaban J connectivity index is 2.45. The van der Waals surface area contributed by atoms with Crippen LogP contribution in [0.25, 0.3) is 0 Å². The molecular formula is C13H15NO3. The van der Waals surface area contributed by atoms with Crippen molar-refractivity contribution in [3.63, 3.8) is 0 Å². The first-order valence-electron chi connectivity index (χ1n) is 5.34. The number of benzene rings is 1. The SMILES string of the molecule is CC(=O)O/N=C(\C)CC(=O)Cc1ccccc1. The Kier molecular flexibility index (Phi) is 5.07. The number of carbonyl (C=O) groups is 2. The maximum absolute atomic E-state index is 11.6. The summed E-state index contributed by atoms with van der Waals surface area (Å²) in [5.74, 6) is -0.440. The Morgan fingerprint density at radius 3 is 2.41 bits per heavy atom. The van der Waals surface area contributed by atoms with Crippen LogP contribution >= 0.6 is 0 Å². The molecule has 0 spiro atoms. The van der Waals surface area contributed by atoms with E-state index in [9.17, 15) is 9.59 Å². The van der Waals surface area contributed by atoms with Crippen LogP contribution in [0.4, 0.5) is 0 Å². The van der Waals surface area contributed by atoms with E-state index in [0.717, 1.165) is 5.56 Å². The van der Waals surface area contributed by atoms with Gasteiger partial charge in [0.1, 0.15) is 5.78 Å². The smallest absolute Gasteiger partial charge is 0.319 e. The molecular weight excluding hydrogens is 218 g/mol. The molecule has 0 unspecified atom stereocenters. The maximum atomic E-state index is 11.6. The van der Waals surface area contributed by atoms with Crippen LogP contribution in [0.2, 0.25) is 0 Å². The standard InChI is InChI=1S/C13H15NO3/c1-10(14-17-11(2)15)8-13(16)9-12-6-4-3-5-7-12/h3-7H,8-9H2,1-2H3/b14-10+. The van der Waals surface area contributed by atoms with E-state index in [1.54, 1.807) is 6.92 Å². The molecule has 1 aromatic carbocycles. The highest BCUT2D eigenvalue weighted by Gasteiger charge is 2.06. The second-order valence-corrected chi connectivity index (χ2v) is 3.79. The molecule has 0 radical (unpaired) electrons. The highest BCUT2D eigenvalue weighted by Crippen LogP contribution is 2.02. The van der Waals surface area contributed by atoms with Crippen molar-refractivity contribution in [3.05, 3.63) is 35.9 Å². The number of carbonyl (C=O) groups excluding carboxylic acids is 2. The van der Waals surface area contributed by atoms with Crippen molar-refractivity contribution in [1.29, 1.82) is 0 Å². The summed E-state index contributed by atoms with van der Waals surface area (Å²) in [6.07, 6.45) is 0.565. The summed E-state index contributed by atoms with van der Waals surface area (Å²) < 4.78 is 0. The zero-order chi connectivity index (χ0) is 12.7. The first-order valence-corrected chi connectivity index (χ1v) is 5.34. The molecule has 0 heterocycles. The van der Waals surface area contributed by atoms with E-state index in [0.29, 0.717) is 12.1 Å². The van der Waals surface area contributed by atoms with Gasteiger partial charge in [-0.05, 0) is 12.5 Å². The molecule has 0 saturated heterocycles. The summed E-state index contributed by atoms with van der Waals surface area (Å²) in [7, 11) is 0. The fraction of sp³-hybridized carbons (Fsp3) is 0.308. The summed E-state index contributed by atoms with van der Waals surface area (Å²) in [4.78, 5) is 26.6. The quantitative estimate of drug-likeness (QED) is 0.444. The van der Waals surface area contributed by atoms with Gasteiger partial charge in [0.15, 0.2) is 0 Å². The second kappa shape index (κ2) is 6.58. The van der Waals surface area contributed by atoms with Crippen molar-refractivity contribution in [3.8, 4) is 0 Å². The molecule has 1 rings (SSSR count). The number of oxime groups is 1. The number of hydrogen-bond acceptors (Lipinski definition) is 4. The largest absolute Gasteiger partial charge is 0.331 e. The average molecular weight is 233 g/mol. The minimum Gasteiger partial charge on any atom is -0.319 e. The Morgan fingerprint density at radius 2 is 1.82 bits per heavy atom. The van der Waals surface area contributed by atoms with Crippen LogP contribution in [0.5, 0.6) is 0 Å². The van der Waals surface area contributed by atoms with Crippen molar-refractivity contribution in [1.82, 2.24) is 0 Å². The Morgan fingerprint density at radius 1 is 1.18 bits per heavy atom. The molecule has 90 valence electrons. The van der Waals surface area contributed by atoms with Gasteiger partial charge in [-0.2, -0.15) is 0 Å². The van der Waals surface area contributed by atoms with E-state index < -0.39 is 5.97 Å². The summed E-state index contributed by atoms with van der Waals surface area (Å²) in [6, 6.07) is 9.49. The minimum absolute atomic E-state index is 0.0459. The fourth-order valence-electron chi connectivity index (χ4n) is 1.35. The Hall–Kier alpha value is -1.97. The van der Waals surface area contributed by atoms with Gasteiger partial charge in [0, 0.05) is 19.8 Å². The Labute approximate surface area is 100 Å². The monoisotopic (exact) mass is 233 g/mol. The van der Waals surface area contributed by atoms with Gasteiger partial charge in [0.25, 0.3) is 0 Å². The van der Waals surface area contributed by atoms with Crippen LogP contribution < -0.4 is 0 Å². The van der Waals surface area contributed by atoms with E-state index >= 15 is 0 Å². The third-order valence-electron chi connectivity index (χ3n) is 2.03. The number of rotatable bonds is 5. The molecule has 4 heteroatoms. The molecule has 1 aromatic rings. The second-order valence-electron chi connectivity index (χ2n) is 3.79. The zero-order valence-corrected chi connectivity index (χ0v) is 9.97. The van der Waals surface area contributed by atoms with E-state index in [2.05, 4.69) is 9.99 Å². The van der Waals surface area contributed by atoms with Crippen molar-refractivity contribution in [2.45, 2.75) is 26.7 Å². The van der Waals surface area contributed by atoms with Gasteiger partial charge in [0.05, 0.1) is 5.71 Å². The van der Waals surface area contributed by atoms with Crippen molar-refractivity contribution < 1.29 is 14.4 Å². The predicted molar refractivity (Wildman–Crippen MR) is 64.6 cm³/mol. The average Bonchev–Trinajstić information content (AvgIpc) is 2.27. The number of ketones is 1. The van der Waals surface area contributed by atoms with Gasteiger partial charge in [-0.25, -0.2) is 4.79 Å². The van der Waals surface area contributed by atoms with Crippen LogP contribution in [-0.2, 0) is 20.8 Å². The molecule has 0 fully saturated rings. The lowest BCUT2D eigenvalue weighted by Gasteiger charge is -2.00.